The summed E-state index contributed by atoms with van der Waals surface area (Å²) < 4.78 is 10.8. The molecule has 0 bridgehead atoms. The number of nitrogens with zero attached hydrogens (tertiary/aromatic N) is 4. The molecule has 5 nitrogen and oxygen atoms in total. The molecule has 0 amide bonds. The molecule has 6 aromatic carbocycles. The monoisotopic (exact) mass is 660 g/mol. The van der Waals surface area contributed by atoms with Crippen molar-refractivity contribution in [3.63, 3.8) is 0 Å². The lowest BCUT2D eigenvalue weighted by molar-refractivity contribution is 0.590. The lowest BCUT2D eigenvalue weighted by Gasteiger charge is -2.19. The molecule has 0 N–H and O–H groups in total. The lowest BCUT2D eigenvalue weighted by Crippen LogP contribution is -2.10. The van der Waals surface area contributed by atoms with Crippen LogP contribution in [0, 0.1) is 22.7 Å². The van der Waals surface area contributed by atoms with E-state index in [0.29, 0.717) is 16.8 Å². The fourth-order valence-electron chi connectivity index (χ4n) is 7.87. The summed E-state index contributed by atoms with van der Waals surface area (Å²) in [5.74, 6) is 0. The molecule has 0 unspecified atom stereocenters. The molecule has 0 fully saturated rings. The van der Waals surface area contributed by atoms with Gasteiger partial charge in [-0.05, 0) is 82.6 Å². The van der Waals surface area contributed by atoms with Crippen LogP contribution in [0.2, 0.25) is 0 Å². The van der Waals surface area contributed by atoms with E-state index < -0.39 is 0 Å². The van der Waals surface area contributed by atoms with Gasteiger partial charge in [-0.15, -0.1) is 0 Å². The first-order valence-electron chi connectivity index (χ1n) is 17.4. The van der Waals surface area contributed by atoms with Crippen LogP contribution in [0.25, 0.3) is 76.9 Å². The molecular formula is C46H36N4O. The van der Waals surface area contributed by atoms with Gasteiger partial charge >= 0.3 is 0 Å². The molecule has 246 valence electrons. The van der Waals surface area contributed by atoms with Crippen LogP contribution in [0.4, 0.5) is 0 Å². The van der Waals surface area contributed by atoms with Gasteiger partial charge in [0.2, 0.25) is 0 Å². The van der Waals surface area contributed by atoms with Gasteiger partial charge in [-0.1, -0.05) is 90.1 Å². The zero-order chi connectivity index (χ0) is 35.4. The Morgan fingerprint density at radius 3 is 1.63 bits per heavy atom. The Morgan fingerprint density at radius 1 is 0.510 bits per heavy atom. The van der Waals surface area contributed by atoms with Crippen LogP contribution in [0.3, 0.4) is 0 Å². The van der Waals surface area contributed by atoms with Crippen molar-refractivity contribution in [2.45, 2.75) is 52.4 Å². The average molecular weight is 661 g/mol. The molecule has 0 atom stereocenters. The van der Waals surface area contributed by atoms with Gasteiger partial charge in [-0.25, -0.2) is 0 Å². The van der Waals surface area contributed by atoms with Crippen molar-refractivity contribution in [1.29, 1.82) is 10.5 Å². The Morgan fingerprint density at radius 2 is 1.04 bits per heavy atom. The topological polar surface area (TPSA) is 70.6 Å². The van der Waals surface area contributed by atoms with Gasteiger partial charge < -0.3 is 13.6 Å². The second-order valence-electron chi connectivity index (χ2n) is 15.7. The van der Waals surface area contributed by atoms with Crippen LogP contribution in [-0.4, -0.2) is 9.13 Å². The molecule has 0 aliphatic carbocycles. The molecule has 9 rings (SSSR count). The fourth-order valence-corrected chi connectivity index (χ4v) is 7.87. The van der Waals surface area contributed by atoms with Crippen LogP contribution in [0.15, 0.2) is 114 Å². The maximum atomic E-state index is 10.9. The number of rotatable bonds is 2. The average Bonchev–Trinajstić information content (AvgIpc) is 3.77. The number of fused-ring (bicyclic) bond motifs is 10. The van der Waals surface area contributed by atoms with E-state index in [1.165, 1.54) is 11.1 Å². The number of furan rings is 1. The summed E-state index contributed by atoms with van der Waals surface area (Å²) in [6.07, 6.45) is 0. The lowest BCUT2D eigenvalue weighted by atomic mass is 9.85. The van der Waals surface area contributed by atoms with E-state index in [1.807, 2.05) is 42.5 Å². The Labute approximate surface area is 296 Å². The van der Waals surface area contributed by atoms with Gasteiger partial charge in [0.1, 0.15) is 23.3 Å². The van der Waals surface area contributed by atoms with Crippen molar-refractivity contribution in [2.24, 2.45) is 0 Å². The predicted octanol–water partition coefficient (Wildman–Crippen LogP) is 12.1. The van der Waals surface area contributed by atoms with E-state index in [1.54, 1.807) is 0 Å². The SMILES string of the molecule is CC(C)(C)c1ccc2c(c1)c1cc(C(C)(C)C)ccc1n2-c1c(C#N)cc(-n2c3ccccc3c3c4oc5ccccc5c4ccc32)cc1C#N. The maximum absolute atomic E-state index is 10.9. The molecular weight excluding hydrogens is 625 g/mol. The van der Waals surface area contributed by atoms with Gasteiger partial charge in [0.05, 0.1) is 44.3 Å². The Bertz CT molecular complexity index is 2900. The van der Waals surface area contributed by atoms with Crippen molar-refractivity contribution in [2.75, 3.05) is 0 Å². The van der Waals surface area contributed by atoms with Gasteiger partial charge in [0.15, 0.2) is 0 Å². The number of benzene rings is 6. The summed E-state index contributed by atoms with van der Waals surface area (Å²) in [6, 6.07) is 42.7. The molecule has 0 aliphatic heterocycles. The summed E-state index contributed by atoms with van der Waals surface area (Å²) in [5.41, 5.74) is 10.1. The molecule has 0 saturated heterocycles. The van der Waals surface area contributed by atoms with Gasteiger partial charge in [0.25, 0.3) is 0 Å². The Balaban J connectivity index is 1.35. The number of hydrogen-bond acceptors (Lipinski definition) is 3. The fraction of sp³-hybridized carbons (Fsp3) is 0.174. The van der Waals surface area contributed by atoms with Crippen LogP contribution >= 0.6 is 0 Å². The third kappa shape index (κ3) is 4.45. The van der Waals surface area contributed by atoms with E-state index in [4.69, 9.17) is 4.42 Å². The summed E-state index contributed by atoms with van der Waals surface area (Å²) in [7, 11) is 0. The molecule has 3 aromatic heterocycles. The Kier molecular flexibility index (Phi) is 6.39. The summed E-state index contributed by atoms with van der Waals surface area (Å²) in [6.45, 7) is 13.3. The first-order valence-corrected chi connectivity index (χ1v) is 17.4. The zero-order valence-corrected chi connectivity index (χ0v) is 29.6. The highest BCUT2D eigenvalue weighted by Crippen LogP contribution is 2.43. The maximum Gasteiger partial charge on any atom is 0.145 e. The highest BCUT2D eigenvalue weighted by atomic mass is 16.3. The third-order valence-corrected chi connectivity index (χ3v) is 10.5. The number of hydrogen-bond donors (Lipinski definition) is 0. The predicted molar refractivity (Wildman–Crippen MR) is 209 cm³/mol. The van der Waals surface area contributed by atoms with Crippen molar-refractivity contribution >= 4 is 65.6 Å². The van der Waals surface area contributed by atoms with Gasteiger partial charge in [0, 0.05) is 32.6 Å². The number of nitriles is 2. The standard InChI is InChI=1S/C46H36N4O/c1-45(2,3)29-15-18-38-35(23-29)36-24-30(46(4,5)6)16-19-39(36)50(38)43-27(25-47)21-31(22-28(43)26-48)49-37-13-9-7-12-34(37)42-40(49)20-17-33-32-11-8-10-14-41(32)51-44(33)42/h7-24H,1-6H3. The van der Waals surface area contributed by atoms with E-state index >= 15 is 0 Å². The highest BCUT2D eigenvalue weighted by molar-refractivity contribution is 6.23. The molecule has 5 heteroatoms. The molecule has 0 spiro atoms. The number of aromatic nitrogens is 2. The minimum absolute atomic E-state index is 0.0439. The molecule has 0 saturated carbocycles. The smallest absolute Gasteiger partial charge is 0.145 e. The zero-order valence-electron chi connectivity index (χ0n) is 29.6. The summed E-state index contributed by atoms with van der Waals surface area (Å²) >= 11 is 0. The first kappa shape index (κ1) is 30.7. The minimum Gasteiger partial charge on any atom is -0.455 e. The third-order valence-electron chi connectivity index (χ3n) is 10.5. The van der Waals surface area contributed by atoms with Crippen molar-refractivity contribution in [3.8, 4) is 23.5 Å². The summed E-state index contributed by atoms with van der Waals surface area (Å²) in [5, 5.41) is 28.1. The van der Waals surface area contributed by atoms with Crippen LogP contribution in [0.5, 0.6) is 0 Å². The molecule has 3 heterocycles. The molecule has 9 aromatic rings. The molecule has 0 radical (unpaired) electrons. The minimum atomic E-state index is -0.0439. The van der Waals surface area contributed by atoms with Crippen LogP contribution < -0.4 is 0 Å². The normalized spacial score (nSPS) is 12.5. The van der Waals surface area contributed by atoms with Crippen molar-refractivity contribution < 1.29 is 4.42 Å². The van der Waals surface area contributed by atoms with Gasteiger partial charge in [-0.2, -0.15) is 10.5 Å². The van der Waals surface area contributed by atoms with Crippen molar-refractivity contribution in [1.82, 2.24) is 9.13 Å². The molecule has 51 heavy (non-hydrogen) atoms. The van der Waals surface area contributed by atoms with E-state index in [-0.39, 0.29) is 10.8 Å². The van der Waals surface area contributed by atoms with E-state index in [0.717, 1.165) is 71.2 Å². The number of para-hydroxylation sites is 2. The quantitative estimate of drug-likeness (QED) is 0.185. The first-order chi connectivity index (χ1) is 24.5. The second kappa shape index (κ2) is 10.6. The molecule has 0 aliphatic rings. The van der Waals surface area contributed by atoms with E-state index in [2.05, 4.69) is 130 Å². The van der Waals surface area contributed by atoms with Crippen molar-refractivity contribution in [3.05, 3.63) is 131 Å². The second-order valence-corrected chi connectivity index (χ2v) is 15.7. The van der Waals surface area contributed by atoms with E-state index in [9.17, 15) is 10.5 Å². The summed E-state index contributed by atoms with van der Waals surface area (Å²) in [4.78, 5) is 0. The van der Waals surface area contributed by atoms with Crippen LogP contribution in [0.1, 0.15) is 63.8 Å². The van der Waals surface area contributed by atoms with Gasteiger partial charge in [-0.3, -0.25) is 0 Å². The van der Waals surface area contributed by atoms with Crippen LogP contribution in [-0.2, 0) is 10.8 Å². The largest absolute Gasteiger partial charge is 0.455 e. The highest BCUT2D eigenvalue weighted by Gasteiger charge is 2.25. The Hall–Kier alpha value is -6.30.